The molecule has 0 radical (unpaired) electrons. The van der Waals surface area contributed by atoms with E-state index in [2.05, 4.69) is 33.2 Å². The monoisotopic (exact) mass is 342 g/mol. The van der Waals surface area contributed by atoms with Gasteiger partial charge >= 0.3 is 0 Å². The molecule has 1 amide bonds. The molecule has 0 aliphatic heterocycles. The van der Waals surface area contributed by atoms with Crippen molar-refractivity contribution in [2.24, 2.45) is 0 Å². The minimum atomic E-state index is -0.326. The van der Waals surface area contributed by atoms with E-state index in [1.807, 2.05) is 13.8 Å². The molecule has 0 unspecified atom stereocenters. The summed E-state index contributed by atoms with van der Waals surface area (Å²) in [4.78, 5) is 26.9. The highest BCUT2D eigenvalue weighted by Crippen LogP contribution is 2.14. The lowest BCUT2D eigenvalue weighted by Crippen LogP contribution is -2.37. The number of hydrogen-bond donors (Lipinski definition) is 2. The fraction of sp³-hybridized carbons (Fsp3) is 0.600. The van der Waals surface area contributed by atoms with E-state index in [0.29, 0.717) is 6.42 Å². The van der Waals surface area contributed by atoms with Crippen LogP contribution in [-0.2, 0) is 6.42 Å². The number of rotatable bonds is 7. The van der Waals surface area contributed by atoms with Crippen LogP contribution < -0.4 is 10.9 Å². The Labute approximate surface area is 128 Å². The third-order valence-corrected chi connectivity index (χ3v) is 4.11. The minimum absolute atomic E-state index is 0.131. The Morgan fingerprint density at radius 1 is 1.40 bits per heavy atom. The van der Waals surface area contributed by atoms with Gasteiger partial charge in [-0.15, -0.1) is 0 Å². The number of aryl methyl sites for hydroxylation is 1. The van der Waals surface area contributed by atoms with E-state index in [1.165, 1.54) is 0 Å². The summed E-state index contributed by atoms with van der Waals surface area (Å²) in [5, 5.41) is 2.94. The van der Waals surface area contributed by atoms with Crippen molar-refractivity contribution < 1.29 is 4.79 Å². The molecule has 1 atom stereocenters. The first-order valence-electron chi connectivity index (χ1n) is 7.25. The molecule has 5 heteroatoms. The van der Waals surface area contributed by atoms with Gasteiger partial charge in [-0.2, -0.15) is 0 Å². The lowest BCUT2D eigenvalue weighted by molar-refractivity contribution is 0.0931. The van der Waals surface area contributed by atoms with Gasteiger partial charge in [0.05, 0.1) is 0 Å². The van der Waals surface area contributed by atoms with Crippen molar-refractivity contribution in [2.45, 2.75) is 58.9 Å². The molecule has 112 valence electrons. The van der Waals surface area contributed by atoms with Gasteiger partial charge in [-0.05, 0) is 41.3 Å². The number of pyridine rings is 1. The van der Waals surface area contributed by atoms with Crippen LogP contribution in [0.15, 0.2) is 15.3 Å². The SMILES string of the molecule is CCCC[C@H](CC)NC(=O)c1cc(Br)c(CC)[nH]c1=O. The predicted molar refractivity (Wildman–Crippen MR) is 85.2 cm³/mol. The molecule has 0 saturated heterocycles. The maximum absolute atomic E-state index is 12.2. The van der Waals surface area contributed by atoms with Crippen molar-refractivity contribution in [3.05, 3.63) is 32.2 Å². The molecule has 4 nitrogen and oxygen atoms in total. The number of nitrogens with one attached hydrogen (secondary N) is 2. The molecular formula is C15H23BrN2O2. The third kappa shape index (κ3) is 4.47. The normalized spacial score (nSPS) is 12.2. The Balaban J connectivity index is 2.86. The van der Waals surface area contributed by atoms with Gasteiger partial charge in [0.2, 0.25) is 0 Å². The maximum atomic E-state index is 12.2. The lowest BCUT2D eigenvalue weighted by Gasteiger charge is -2.16. The zero-order chi connectivity index (χ0) is 15.1. The van der Waals surface area contributed by atoms with Gasteiger partial charge in [-0.3, -0.25) is 9.59 Å². The average Bonchev–Trinajstić information content (AvgIpc) is 2.44. The van der Waals surface area contributed by atoms with Gasteiger partial charge in [0.25, 0.3) is 11.5 Å². The summed E-state index contributed by atoms with van der Waals surface area (Å²) in [5.41, 5.74) is 0.654. The molecule has 0 bridgehead atoms. The zero-order valence-electron chi connectivity index (χ0n) is 12.4. The standard InChI is InChI=1S/C15H23BrN2O2/c1-4-7-8-10(5-2)17-14(19)11-9-12(16)13(6-3)18-15(11)20/h9-10H,4-8H2,1-3H3,(H,17,19)(H,18,20)/t10-/m0/s1. The molecule has 20 heavy (non-hydrogen) atoms. The van der Waals surface area contributed by atoms with Crippen LogP contribution >= 0.6 is 15.9 Å². The molecule has 0 fully saturated rings. The van der Waals surface area contributed by atoms with Gasteiger partial charge in [0.15, 0.2) is 0 Å². The predicted octanol–water partition coefficient (Wildman–Crippen LogP) is 3.40. The Bertz CT molecular complexity index is 511. The van der Waals surface area contributed by atoms with E-state index in [9.17, 15) is 9.59 Å². The molecule has 1 aromatic heterocycles. The molecule has 0 saturated carbocycles. The van der Waals surface area contributed by atoms with E-state index in [-0.39, 0.29) is 23.1 Å². The lowest BCUT2D eigenvalue weighted by atomic mass is 10.1. The van der Waals surface area contributed by atoms with Crippen LogP contribution in [0, 0.1) is 0 Å². The van der Waals surface area contributed by atoms with Crippen molar-refractivity contribution >= 4 is 21.8 Å². The van der Waals surface area contributed by atoms with Crippen molar-refractivity contribution in [2.75, 3.05) is 0 Å². The molecule has 1 heterocycles. The fourth-order valence-electron chi connectivity index (χ4n) is 2.06. The fourth-order valence-corrected chi connectivity index (χ4v) is 2.67. The average molecular weight is 343 g/mol. The highest BCUT2D eigenvalue weighted by atomic mass is 79.9. The molecule has 0 spiro atoms. The van der Waals surface area contributed by atoms with Gasteiger partial charge in [-0.1, -0.05) is 33.6 Å². The minimum Gasteiger partial charge on any atom is -0.349 e. The quantitative estimate of drug-likeness (QED) is 0.797. The number of carbonyl (C=O) groups excluding carboxylic acids is 1. The van der Waals surface area contributed by atoms with Crippen molar-refractivity contribution in [3.8, 4) is 0 Å². The molecule has 0 aliphatic rings. The second-order valence-electron chi connectivity index (χ2n) is 4.91. The molecule has 2 N–H and O–H groups in total. The van der Waals surface area contributed by atoms with Crippen LogP contribution in [0.1, 0.15) is 62.5 Å². The summed E-state index contributed by atoms with van der Waals surface area (Å²) in [6.07, 6.45) is 4.71. The summed E-state index contributed by atoms with van der Waals surface area (Å²) in [7, 11) is 0. The Hall–Kier alpha value is -1.10. The molecule has 0 aliphatic carbocycles. The summed E-state index contributed by atoms with van der Waals surface area (Å²) >= 11 is 3.38. The highest BCUT2D eigenvalue weighted by molar-refractivity contribution is 9.10. The van der Waals surface area contributed by atoms with Crippen molar-refractivity contribution in [1.82, 2.24) is 10.3 Å². The number of H-pyrrole nitrogens is 1. The summed E-state index contributed by atoms with van der Waals surface area (Å²) in [5.74, 6) is -0.294. The molecule has 1 rings (SSSR count). The van der Waals surface area contributed by atoms with Crippen LogP contribution in [-0.4, -0.2) is 16.9 Å². The second kappa shape index (κ2) is 8.25. The third-order valence-electron chi connectivity index (χ3n) is 3.40. The van der Waals surface area contributed by atoms with E-state index in [1.54, 1.807) is 6.07 Å². The van der Waals surface area contributed by atoms with Crippen LogP contribution in [0.25, 0.3) is 0 Å². The van der Waals surface area contributed by atoms with Gasteiger partial charge in [0.1, 0.15) is 5.56 Å². The second-order valence-corrected chi connectivity index (χ2v) is 5.77. The van der Waals surface area contributed by atoms with Gasteiger partial charge in [0, 0.05) is 16.2 Å². The molecular weight excluding hydrogens is 320 g/mol. The topological polar surface area (TPSA) is 62.0 Å². The highest BCUT2D eigenvalue weighted by Gasteiger charge is 2.16. The number of halogens is 1. The number of carbonyl (C=O) groups is 1. The van der Waals surface area contributed by atoms with Crippen LogP contribution in [0.5, 0.6) is 0 Å². The van der Waals surface area contributed by atoms with Crippen molar-refractivity contribution in [3.63, 3.8) is 0 Å². The molecule has 0 aromatic carbocycles. The van der Waals surface area contributed by atoms with Gasteiger partial charge < -0.3 is 10.3 Å². The van der Waals surface area contributed by atoms with E-state index >= 15 is 0 Å². The number of unbranched alkanes of at least 4 members (excludes halogenated alkanes) is 1. The Morgan fingerprint density at radius 3 is 2.65 bits per heavy atom. The first-order valence-corrected chi connectivity index (χ1v) is 8.05. The van der Waals surface area contributed by atoms with E-state index in [4.69, 9.17) is 0 Å². The Kier molecular flexibility index (Phi) is 6.99. The largest absolute Gasteiger partial charge is 0.349 e. The first-order chi connectivity index (χ1) is 9.53. The van der Waals surface area contributed by atoms with Crippen LogP contribution in [0.3, 0.4) is 0 Å². The number of aromatic amines is 1. The number of hydrogen-bond acceptors (Lipinski definition) is 2. The Morgan fingerprint density at radius 2 is 2.10 bits per heavy atom. The summed E-state index contributed by atoms with van der Waals surface area (Å²) in [6, 6.07) is 1.74. The van der Waals surface area contributed by atoms with Crippen molar-refractivity contribution in [1.29, 1.82) is 0 Å². The van der Waals surface area contributed by atoms with Crippen LogP contribution in [0.4, 0.5) is 0 Å². The zero-order valence-corrected chi connectivity index (χ0v) is 14.0. The van der Waals surface area contributed by atoms with Crippen LogP contribution in [0.2, 0.25) is 0 Å². The molecule has 1 aromatic rings. The first kappa shape index (κ1) is 17.0. The van der Waals surface area contributed by atoms with E-state index < -0.39 is 0 Å². The number of amides is 1. The van der Waals surface area contributed by atoms with E-state index in [0.717, 1.165) is 35.8 Å². The summed E-state index contributed by atoms with van der Waals surface area (Å²) < 4.78 is 0.770. The maximum Gasteiger partial charge on any atom is 0.261 e. The summed E-state index contributed by atoms with van der Waals surface area (Å²) in [6.45, 7) is 6.12. The number of aromatic nitrogens is 1. The van der Waals surface area contributed by atoms with Gasteiger partial charge in [-0.25, -0.2) is 0 Å². The smallest absolute Gasteiger partial charge is 0.261 e.